The summed E-state index contributed by atoms with van der Waals surface area (Å²) >= 11 is 6.47. The topological polar surface area (TPSA) is 51.8 Å². The first-order valence-electron chi connectivity index (χ1n) is 12.6. The van der Waals surface area contributed by atoms with Crippen LogP contribution in [0.25, 0.3) is 61.4 Å². The van der Waals surface area contributed by atoms with Gasteiger partial charge in [-0.05, 0) is 83.1 Å². The van der Waals surface area contributed by atoms with Crippen LogP contribution in [0.3, 0.4) is 0 Å². The minimum absolute atomic E-state index is 0.154. The van der Waals surface area contributed by atoms with Crippen molar-refractivity contribution < 1.29 is 4.42 Å². The number of nitrogens with zero attached hydrogens (tertiary/aromatic N) is 3. The molecule has 0 amide bonds. The van der Waals surface area contributed by atoms with E-state index in [1.807, 2.05) is 42.5 Å². The fraction of sp³-hybridized carbons (Fsp3) is 0.0606. The molecule has 1 aliphatic rings. The Morgan fingerprint density at radius 3 is 2.18 bits per heavy atom. The van der Waals surface area contributed by atoms with Crippen molar-refractivity contribution in [1.82, 2.24) is 15.0 Å². The van der Waals surface area contributed by atoms with Crippen molar-refractivity contribution in [3.63, 3.8) is 0 Å². The zero-order chi connectivity index (χ0) is 25.5. The Bertz CT molecular complexity index is 1890. The highest BCUT2D eigenvalue weighted by Gasteiger charge is 2.15. The third kappa shape index (κ3) is 4.19. The van der Waals surface area contributed by atoms with Crippen LogP contribution in [-0.2, 0) is 0 Å². The molecule has 1 aliphatic carbocycles. The smallest absolute Gasteiger partial charge is 0.226 e. The van der Waals surface area contributed by atoms with Gasteiger partial charge in [-0.15, -0.1) is 0 Å². The summed E-state index contributed by atoms with van der Waals surface area (Å²) in [7, 11) is 0. The van der Waals surface area contributed by atoms with Gasteiger partial charge in [0.05, 0.1) is 0 Å². The van der Waals surface area contributed by atoms with Gasteiger partial charge in [-0.2, -0.15) is 9.97 Å². The summed E-state index contributed by atoms with van der Waals surface area (Å²) in [5, 5.41) is 2.29. The molecule has 6 aromatic rings. The molecule has 0 N–H and O–H groups in total. The van der Waals surface area contributed by atoms with Crippen LogP contribution in [0.5, 0.6) is 0 Å². The quantitative estimate of drug-likeness (QED) is 0.237. The lowest BCUT2D eigenvalue weighted by Gasteiger charge is -2.14. The molecule has 0 radical (unpaired) electrons. The van der Waals surface area contributed by atoms with Gasteiger partial charge in [-0.1, -0.05) is 72.8 Å². The van der Waals surface area contributed by atoms with Crippen LogP contribution in [0, 0.1) is 0 Å². The first-order chi connectivity index (χ1) is 18.7. The van der Waals surface area contributed by atoms with E-state index in [4.69, 9.17) is 21.0 Å². The number of furan rings is 1. The normalized spacial score (nSPS) is 13.2. The van der Waals surface area contributed by atoms with E-state index in [1.54, 1.807) is 0 Å². The van der Waals surface area contributed by atoms with Gasteiger partial charge in [-0.3, -0.25) is 0 Å². The number of hydrogen-bond acceptors (Lipinski definition) is 4. The highest BCUT2D eigenvalue weighted by Crippen LogP contribution is 2.34. The van der Waals surface area contributed by atoms with E-state index in [9.17, 15) is 0 Å². The Morgan fingerprint density at radius 1 is 0.605 bits per heavy atom. The number of benzene rings is 4. The first-order valence-corrected chi connectivity index (χ1v) is 13.0. The molecular weight excluding hydrogens is 490 g/mol. The van der Waals surface area contributed by atoms with E-state index >= 15 is 0 Å². The summed E-state index contributed by atoms with van der Waals surface area (Å²) in [5.41, 5.74) is 8.05. The summed E-state index contributed by atoms with van der Waals surface area (Å²) in [5.74, 6) is 1.05. The van der Waals surface area contributed by atoms with Crippen LogP contribution in [0.15, 0.2) is 114 Å². The second kappa shape index (κ2) is 9.40. The minimum Gasteiger partial charge on any atom is -0.456 e. The number of fused-ring (bicyclic) bond motifs is 3. The number of para-hydroxylation sites is 1. The molecule has 182 valence electrons. The van der Waals surface area contributed by atoms with Gasteiger partial charge in [0.1, 0.15) is 11.2 Å². The predicted octanol–water partition coefficient (Wildman–Crippen LogP) is 9.16. The van der Waals surface area contributed by atoms with Gasteiger partial charge in [0.15, 0.2) is 11.6 Å². The molecule has 0 bridgehead atoms. The number of allylic oxidation sites excluding steroid dienone is 4. The lowest BCUT2D eigenvalue weighted by Crippen LogP contribution is -1.99. The Hall–Kier alpha value is -4.54. The maximum Gasteiger partial charge on any atom is 0.226 e. The average molecular weight is 512 g/mol. The van der Waals surface area contributed by atoms with Crippen molar-refractivity contribution >= 4 is 39.1 Å². The van der Waals surface area contributed by atoms with Crippen LogP contribution < -0.4 is 0 Å². The molecule has 0 saturated carbocycles. The molecule has 0 spiro atoms. The zero-order valence-corrected chi connectivity index (χ0v) is 21.2. The molecule has 2 aromatic heterocycles. The fourth-order valence-electron chi connectivity index (χ4n) is 5.06. The molecule has 2 heterocycles. The molecule has 0 fully saturated rings. The number of aromatic nitrogens is 3. The van der Waals surface area contributed by atoms with Crippen LogP contribution in [0.4, 0.5) is 0 Å². The highest BCUT2D eigenvalue weighted by atomic mass is 35.5. The van der Waals surface area contributed by atoms with Crippen molar-refractivity contribution in [3.05, 3.63) is 120 Å². The van der Waals surface area contributed by atoms with E-state index in [-0.39, 0.29) is 5.28 Å². The van der Waals surface area contributed by atoms with Crippen molar-refractivity contribution in [2.45, 2.75) is 12.8 Å². The molecule has 0 unspecified atom stereocenters. The third-order valence-electron chi connectivity index (χ3n) is 6.93. The molecule has 0 saturated heterocycles. The Balaban J connectivity index is 1.37. The lowest BCUT2D eigenvalue weighted by molar-refractivity contribution is 0.669. The zero-order valence-electron chi connectivity index (χ0n) is 20.4. The van der Waals surface area contributed by atoms with E-state index in [0.29, 0.717) is 11.6 Å². The summed E-state index contributed by atoms with van der Waals surface area (Å²) in [4.78, 5) is 13.9. The largest absolute Gasteiger partial charge is 0.456 e. The lowest BCUT2D eigenvalue weighted by atomic mass is 9.92. The second-order valence-corrected chi connectivity index (χ2v) is 9.72. The monoisotopic (exact) mass is 511 g/mol. The predicted molar refractivity (Wildman–Crippen MR) is 155 cm³/mol. The maximum absolute atomic E-state index is 6.47. The van der Waals surface area contributed by atoms with E-state index < -0.39 is 0 Å². The molecule has 38 heavy (non-hydrogen) atoms. The van der Waals surface area contributed by atoms with E-state index in [2.05, 4.69) is 76.7 Å². The van der Waals surface area contributed by atoms with Crippen LogP contribution in [0.1, 0.15) is 18.4 Å². The fourth-order valence-corrected chi connectivity index (χ4v) is 5.22. The van der Waals surface area contributed by atoms with E-state index in [0.717, 1.165) is 62.6 Å². The Labute approximate surface area is 225 Å². The number of hydrogen-bond donors (Lipinski definition) is 0. The molecule has 0 atom stereocenters. The molecule has 4 nitrogen and oxygen atoms in total. The van der Waals surface area contributed by atoms with E-state index in [1.165, 1.54) is 5.57 Å². The third-order valence-corrected chi connectivity index (χ3v) is 7.10. The number of halogens is 1. The van der Waals surface area contributed by atoms with Gasteiger partial charge in [0.2, 0.25) is 5.28 Å². The summed E-state index contributed by atoms with van der Waals surface area (Å²) in [6.45, 7) is 0. The van der Waals surface area contributed by atoms with Gasteiger partial charge in [-0.25, -0.2) is 4.98 Å². The summed E-state index contributed by atoms with van der Waals surface area (Å²) in [6.07, 6.45) is 8.53. The van der Waals surface area contributed by atoms with Crippen LogP contribution in [-0.4, -0.2) is 15.0 Å². The van der Waals surface area contributed by atoms with Gasteiger partial charge in [0.25, 0.3) is 0 Å². The molecular formula is C33H22ClN3O. The maximum atomic E-state index is 6.47. The highest BCUT2D eigenvalue weighted by molar-refractivity contribution is 6.28. The van der Waals surface area contributed by atoms with Crippen molar-refractivity contribution in [2.24, 2.45) is 0 Å². The SMILES string of the molecule is Clc1nc(-c2cc(C3=CC=CCC3)cc(-c3ccccc3)c2)nc(-c2ccc3c(c2)oc2ccccc23)n1. The summed E-state index contributed by atoms with van der Waals surface area (Å²) in [6, 6.07) is 30.9. The minimum atomic E-state index is 0.154. The van der Waals surface area contributed by atoms with Gasteiger partial charge >= 0.3 is 0 Å². The Morgan fingerprint density at radius 2 is 1.34 bits per heavy atom. The molecule has 4 aromatic carbocycles. The van der Waals surface area contributed by atoms with Gasteiger partial charge < -0.3 is 4.42 Å². The second-order valence-electron chi connectivity index (χ2n) is 9.38. The van der Waals surface area contributed by atoms with Crippen LogP contribution >= 0.6 is 11.6 Å². The first kappa shape index (κ1) is 22.6. The standard InChI is InChI=1S/C33H22ClN3O/c34-33-36-31(23-15-16-28-27-13-7-8-14-29(27)38-30(28)20-23)35-32(37-33)26-18-24(21-9-3-1-4-10-21)17-25(19-26)22-11-5-2-6-12-22/h1-5,7-11,13-20H,6,12H2. The molecule has 5 heteroatoms. The summed E-state index contributed by atoms with van der Waals surface area (Å²) < 4.78 is 6.09. The number of rotatable bonds is 4. The van der Waals surface area contributed by atoms with Gasteiger partial charge in [0, 0.05) is 21.9 Å². The van der Waals surface area contributed by atoms with Crippen molar-refractivity contribution in [1.29, 1.82) is 0 Å². The van der Waals surface area contributed by atoms with Crippen LogP contribution in [0.2, 0.25) is 5.28 Å². The Kier molecular flexibility index (Phi) is 5.60. The van der Waals surface area contributed by atoms with Crippen molar-refractivity contribution in [2.75, 3.05) is 0 Å². The molecule has 0 aliphatic heterocycles. The molecule has 7 rings (SSSR count). The average Bonchev–Trinajstić information content (AvgIpc) is 3.35. The van der Waals surface area contributed by atoms with Crippen molar-refractivity contribution in [3.8, 4) is 33.9 Å².